The van der Waals surface area contributed by atoms with Gasteiger partial charge in [-0.3, -0.25) is 0 Å². The quantitative estimate of drug-likeness (QED) is 0.587. The molecule has 20 heavy (non-hydrogen) atoms. The predicted molar refractivity (Wildman–Crippen MR) is 88.4 cm³/mol. The summed E-state index contributed by atoms with van der Waals surface area (Å²) in [6.07, 6.45) is 2.04. The third-order valence-electron chi connectivity index (χ3n) is 3.06. The van der Waals surface area contributed by atoms with Crippen molar-refractivity contribution in [1.82, 2.24) is 0 Å². The summed E-state index contributed by atoms with van der Waals surface area (Å²) in [6.45, 7) is 2.37. The molecule has 0 spiro atoms. The molecule has 106 valence electrons. The molecule has 0 aromatic heterocycles. The molecule has 0 saturated heterocycles. The molecule has 2 aromatic rings. The van der Waals surface area contributed by atoms with Gasteiger partial charge >= 0.3 is 0 Å². The standard InChI is InChI=1S/C15H15Cl2NOS/c1-9-12(16)7-13(15(19)14(9)17)18-8-10-3-5-11(20-2)6-4-10/h3-7,18-19H,8H2,1-2H3. The maximum Gasteiger partial charge on any atom is 0.157 e. The smallest absolute Gasteiger partial charge is 0.157 e. The molecule has 0 bridgehead atoms. The van der Waals surface area contributed by atoms with Crippen LogP contribution in [0.25, 0.3) is 0 Å². The van der Waals surface area contributed by atoms with E-state index in [0.717, 1.165) is 5.56 Å². The van der Waals surface area contributed by atoms with Crippen LogP contribution in [0.3, 0.4) is 0 Å². The van der Waals surface area contributed by atoms with Crippen molar-refractivity contribution in [2.75, 3.05) is 11.6 Å². The molecular formula is C15H15Cl2NOS. The van der Waals surface area contributed by atoms with Gasteiger partial charge in [-0.1, -0.05) is 35.3 Å². The number of nitrogens with one attached hydrogen (secondary N) is 1. The van der Waals surface area contributed by atoms with E-state index < -0.39 is 0 Å². The van der Waals surface area contributed by atoms with Crippen molar-refractivity contribution in [3.8, 4) is 5.75 Å². The monoisotopic (exact) mass is 327 g/mol. The fraction of sp³-hybridized carbons (Fsp3) is 0.200. The van der Waals surface area contributed by atoms with Crippen LogP contribution in [0.4, 0.5) is 5.69 Å². The maximum atomic E-state index is 10.0. The van der Waals surface area contributed by atoms with E-state index in [4.69, 9.17) is 23.2 Å². The summed E-state index contributed by atoms with van der Waals surface area (Å²) in [4.78, 5) is 1.22. The van der Waals surface area contributed by atoms with Crippen LogP contribution in [-0.4, -0.2) is 11.4 Å². The van der Waals surface area contributed by atoms with Gasteiger partial charge < -0.3 is 10.4 Å². The molecule has 0 aliphatic heterocycles. The van der Waals surface area contributed by atoms with Crippen LogP contribution in [0.1, 0.15) is 11.1 Å². The van der Waals surface area contributed by atoms with Gasteiger partial charge in [0.2, 0.25) is 0 Å². The highest BCUT2D eigenvalue weighted by Crippen LogP contribution is 2.38. The van der Waals surface area contributed by atoms with Gasteiger partial charge in [-0.2, -0.15) is 0 Å². The molecule has 0 radical (unpaired) electrons. The topological polar surface area (TPSA) is 32.3 Å². The van der Waals surface area contributed by atoms with Crippen LogP contribution in [0.2, 0.25) is 10.0 Å². The summed E-state index contributed by atoms with van der Waals surface area (Å²) in [5.41, 5.74) is 2.34. The van der Waals surface area contributed by atoms with Crippen LogP contribution >= 0.6 is 35.0 Å². The predicted octanol–water partition coefficient (Wildman–Crippen LogP) is 5.34. The molecule has 2 rings (SSSR count). The first-order valence-electron chi connectivity index (χ1n) is 6.07. The minimum absolute atomic E-state index is 0.0364. The average molecular weight is 328 g/mol. The molecule has 0 aliphatic rings. The second kappa shape index (κ2) is 6.61. The van der Waals surface area contributed by atoms with E-state index in [1.165, 1.54) is 4.90 Å². The summed E-state index contributed by atoms with van der Waals surface area (Å²) in [5, 5.41) is 14.0. The fourth-order valence-electron chi connectivity index (χ4n) is 1.78. The molecule has 2 nitrogen and oxygen atoms in total. The van der Waals surface area contributed by atoms with Crippen molar-refractivity contribution < 1.29 is 5.11 Å². The number of anilines is 1. The number of benzene rings is 2. The van der Waals surface area contributed by atoms with Gasteiger partial charge in [0.1, 0.15) is 0 Å². The van der Waals surface area contributed by atoms with Crippen LogP contribution in [-0.2, 0) is 6.54 Å². The SMILES string of the molecule is CSc1ccc(CNc2cc(Cl)c(C)c(Cl)c2O)cc1. The Hall–Kier alpha value is -1.03. The lowest BCUT2D eigenvalue weighted by Crippen LogP contribution is -2.00. The minimum atomic E-state index is 0.0364. The third kappa shape index (κ3) is 3.35. The highest BCUT2D eigenvalue weighted by molar-refractivity contribution is 7.98. The molecule has 0 heterocycles. The zero-order valence-electron chi connectivity index (χ0n) is 11.2. The molecule has 0 atom stereocenters. The van der Waals surface area contributed by atoms with Crippen LogP contribution in [0.5, 0.6) is 5.75 Å². The van der Waals surface area contributed by atoms with E-state index in [-0.39, 0.29) is 10.8 Å². The molecule has 5 heteroatoms. The Bertz CT molecular complexity index is 614. The van der Waals surface area contributed by atoms with E-state index in [0.29, 0.717) is 22.8 Å². The molecule has 0 aliphatic carbocycles. The minimum Gasteiger partial charge on any atom is -0.504 e. The second-order valence-electron chi connectivity index (χ2n) is 4.40. The molecule has 0 unspecified atom stereocenters. The first-order chi connectivity index (χ1) is 9.52. The maximum absolute atomic E-state index is 10.0. The van der Waals surface area contributed by atoms with Crippen molar-refractivity contribution in [2.24, 2.45) is 0 Å². The molecular weight excluding hydrogens is 313 g/mol. The van der Waals surface area contributed by atoms with Gasteiger partial charge in [-0.15, -0.1) is 11.8 Å². The van der Waals surface area contributed by atoms with Gasteiger partial charge in [0, 0.05) is 16.5 Å². The van der Waals surface area contributed by atoms with Gasteiger partial charge in [-0.25, -0.2) is 0 Å². The van der Waals surface area contributed by atoms with Crippen molar-refractivity contribution in [2.45, 2.75) is 18.4 Å². The van der Waals surface area contributed by atoms with Gasteiger partial charge in [0.05, 0.1) is 10.7 Å². The largest absolute Gasteiger partial charge is 0.504 e. The molecule has 2 aromatic carbocycles. The lowest BCUT2D eigenvalue weighted by atomic mass is 10.2. The number of phenols is 1. The van der Waals surface area contributed by atoms with E-state index in [1.54, 1.807) is 24.8 Å². The Morgan fingerprint density at radius 3 is 2.45 bits per heavy atom. The summed E-state index contributed by atoms with van der Waals surface area (Å²) < 4.78 is 0. The van der Waals surface area contributed by atoms with Crippen molar-refractivity contribution in [1.29, 1.82) is 0 Å². The number of hydrogen-bond acceptors (Lipinski definition) is 3. The number of halogens is 2. The second-order valence-corrected chi connectivity index (χ2v) is 6.06. The molecule has 0 fully saturated rings. The number of thioether (sulfide) groups is 1. The Balaban J connectivity index is 2.14. The van der Waals surface area contributed by atoms with Gasteiger partial charge in [0.25, 0.3) is 0 Å². The van der Waals surface area contributed by atoms with E-state index in [1.807, 2.05) is 18.4 Å². The van der Waals surface area contributed by atoms with Crippen molar-refractivity contribution in [3.63, 3.8) is 0 Å². The molecule has 2 N–H and O–H groups in total. The summed E-state index contributed by atoms with van der Waals surface area (Å²) in [5.74, 6) is 0.0364. The summed E-state index contributed by atoms with van der Waals surface area (Å²) in [6, 6.07) is 9.92. The summed E-state index contributed by atoms with van der Waals surface area (Å²) in [7, 11) is 0. The number of phenolic OH excluding ortho intramolecular Hbond substituents is 1. The van der Waals surface area contributed by atoms with E-state index >= 15 is 0 Å². The normalized spacial score (nSPS) is 10.6. The van der Waals surface area contributed by atoms with Crippen LogP contribution in [0, 0.1) is 6.92 Å². The van der Waals surface area contributed by atoms with Gasteiger partial charge in [-0.05, 0) is 42.5 Å². The highest BCUT2D eigenvalue weighted by atomic mass is 35.5. The first kappa shape index (κ1) is 15.4. The Morgan fingerprint density at radius 1 is 1.20 bits per heavy atom. The highest BCUT2D eigenvalue weighted by Gasteiger charge is 2.12. The number of aromatic hydroxyl groups is 1. The number of hydrogen-bond donors (Lipinski definition) is 2. The molecule has 0 saturated carbocycles. The van der Waals surface area contributed by atoms with Crippen LogP contribution in [0.15, 0.2) is 35.2 Å². The third-order valence-corrected chi connectivity index (χ3v) is 4.66. The Labute approximate surface area is 133 Å². The van der Waals surface area contributed by atoms with Gasteiger partial charge in [0.15, 0.2) is 5.75 Å². The fourth-order valence-corrected chi connectivity index (χ4v) is 2.64. The van der Waals surface area contributed by atoms with E-state index in [2.05, 4.69) is 17.4 Å². The first-order valence-corrected chi connectivity index (χ1v) is 8.05. The zero-order chi connectivity index (χ0) is 14.7. The zero-order valence-corrected chi connectivity index (χ0v) is 13.5. The van der Waals surface area contributed by atoms with Crippen molar-refractivity contribution >= 4 is 40.7 Å². The summed E-state index contributed by atoms with van der Waals surface area (Å²) >= 11 is 13.8. The Morgan fingerprint density at radius 2 is 1.85 bits per heavy atom. The Kier molecular flexibility index (Phi) is 5.08. The van der Waals surface area contributed by atoms with Crippen LogP contribution < -0.4 is 5.32 Å². The van der Waals surface area contributed by atoms with Crippen molar-refractivity contribution in [3.05, 3.63) is 51.5 Å². The molecule has 0 amide bonds. The lowest BCUT2D eigenvalue weighted by molar-refractivity contribution is 0.477. The average Bonchev–Trinajstić information content (AvgIpc) is 2.48. The number of rotatable bonds is 4. The van der Waals surface area contributed by atoms with E-state index in [9.17, 15) is 5.11 Å². The lowest BCUT2D eigenvalue weighted by Gasteiger charge is -2.12.